The van der Waals surface area contributed by atoms with Gasteiger partial charge in [0.25, 0.3) is 5.91 Å². The first-order valence-electron chi connectivity index (χ1n) is 7.74. The highest BCUT2D eigenvalue weighted by molar-refractivity contribution is 9.11. The lowest BCUT2D eigenvalue weighted by Gasteiger charge is -2.10. The van der Waals surface area contributed by atoms with Crippen LogP contribution in [0.25, 0.3) is 0 Å². The monoisotopic (exact) mass is 484 g/mol. The van der Waals surface area contributed by atoms with Crippen molar-refractivity contribution in [3.05, 3.63) is 50.9 Å². The van der Waals surface area contributed by atoms with Gasteiger partial charge >= 0.3 is 0 Å². The smallest absolute Gasteiger partial charge is 0.277 e. The standard InChI is InChI=1S/C18H18Br2N2O4/c1-3-25-15-6-4-5-7-16(15)26-11-17(23)22-21-10-12-8-13(19)9-14(20)18(12)24-2/h4-10H,3,11H2,1-2H3,(H,22,23)/b21-10-. The van der Waals surface area contributed by atoms with Gasteiger partial charge in [0.05, 0.1) is 24.4 Å². The first-order valence-corrected chi connectivity index (χ1v) is 9.33. The third-order valence-electron chi connectivity index (χ3n) is 3.14. The minimum absolute atomic E-state index is 0.180. The average molecular weight is 486 g/mol. The van der Waals surface area contributed by atoms with Gasteiger partial charge in [-0.2, -0.15) is 5.10 Å². The Morgan fingerprint density at radius 3 is 2.54 bits per heavy atom. The lowest BCUT2D eigenvalue weighted by atomic mass is 10.2. The van der Waals surface area contributed by atoms with E-state index < -0.39 is 0 Å². The molecule has 1 amide bonds. The summed E-state index contributed by atoms with van der Waals surface area (Å²) in [5.41, 5.74) is 3.13. The van der Waals surface area contributed by atoms with E-state index in [2.05, 4.69) is 42.4 Å². The average Bonchev–Trinajstić information content (AvgIpc) is 2.61. The van der Waals surface area contributed by atoms with Crippen molar-refractivity contribution in [3.8, 4) is 17.2 Å². The highest BCUT2D eigenvalue weighted by Crippen LogP contribution is 2.31. The molecule has 0 heterocycles. The molecule has 1 N–H and O–H groups in total. The van der Waals surface area contributed by atoms with Crippen molar-refractivity contribution in [2.24, 2.45) is 5.10 Å². The van der Waals surface area contributed by atoms with E-state index in [0.717, 1.165) is 8.95 Å². The van der Waals surface area contributed by atoms with Gasteiger partial charge in [0, 0.05) is 10.0 Å². The Bertz CT molecular complexity index is 797. The lowest BCUT2D eigenvalue weighted by Crippen LogP contribution is -2.24. The van der Waals surface area contributed by atoms with Crippen LogP contribution in [0, 0.1) is 0 Å². The number of methoxy groups -OCH3 is 1. The van der Waals surface area contributed by atoms with E-state index in [1.807, 2.05) is 31.2 Å². The summed E-state index contributed by atoms with van der Waals surface area (Å²) in [6, 6.07) is 10.9. The third kappa shape index (κ3) is 5.74. The Balaban J connectivity index is 1.94. The minimum Gasteiger partial charge on any atom is -0.495 e. The number of benzene rings is 2. The van der Waals surface area contributed by atoms with Crippen molar-refractivity contribution in [2.45, 2.75) is 6.92 Å². The van der Waals surface area contributed by atoms with Crippen molar-refractivity contribution in [1.82, 2.24) is 5.43 Å². The molecule has 6 nitrogen and oxygen atoms in total. The molecule has 0 fully saturated rings. The number of rotatable bonds is 8. The summed E-state index contributed by atoms with van der Waals surface area (Å²) in [5.74, 6) is 1.33. The summed E-state index contributed by atoms with van der Waals surface area (Å²) in [5, 5.41) is 3.95. The van der Waals surface area contributed by atoms with E-state index in [0.29, 0.717) is 29.4 Å². The van der Waals surface area contributed by atoms with Gasteiger partial charge in [-0.3, -0.25) is 4.79 Å². The molecule has 26 heavy (non-hydrogen) atoms. The second kappa shape index (κ2) is 10.2. The van der Waals surface area contributed by atoms with Gasteiger partial charge < -0.3 is 14.2 Å². The van der Waals surface area contributed by atoms with E-state index in [4.69, 9.17) is 14.2 Å². The number of carbonyl (C=O) groups excluding carboxylic acids is 1. The van der Waals surface area contributed by atoms with E-state index in [-0.39, 0.29) is 12.5 Å². The molecule has 0 atom stereocenters. The summed E-state index contributed by atoms with van der Waals surface area (Å²) in [6.07, 6.45) is 1.50. The molecule has 0 unspecified atom stereocenters. The maximum Gasteiger partial charge on any atom is 0.277 e. The van der Waals surface area contributed by atoms with Crippen LogP contribution in [0.3, 0.4) is 0 Å². The zero-order chi connectivity index (χ0) is 18.9. The Morgan fingerprint density at radius 1 is 1.19 bits per heavy atom. The number of nitrogens with one attached hydrogen (secondary N) is 1. The fraction of sp³-hybridized carbons (Fsp3) is 0.222. The van der Waals surface area contributed by atoms with Crippen LogP contribution >= 0.6 is 31.9 Å². The molecule has 2 aromatic carbocycles. The molecular weight excluding hydrogens is 468 g/mol. The molecule has 0 spiro atoms. The molecule has 0 aliphatic carbocycles. The second-order valence-electron chi connectivity index (χ2n) is 4.97. The molecule has 0 saturated carbocycles. The molecule has 0 aromatic heterocycles. The highest BCUT2D eigenvalue weighted by Gasteiger charge is 2.09. The summed E-state index contributed by atoms with van der Waals surface area (Å²) in [6.45, 7) is 2.22. The van der Waals surface area contributed by atoms with Crippen LogP contribution in [0.15, 0.2) is 50.4 Å². The van der Waals surface area contributed by atoms with Crippen LogP contribution in [0.1, 0.15) is 12.5 Å². The second-order valence-corrected chi connectivity index (χ2v) is 6.74. The zero-order valence-electron chi connectivity index (χ0n) is 14.3. The summed E-state index contributed by atoms with van der Waals surface area (Å²) < 4.78 is 17.9. The highest BCUT2D eigenvalue weighted by atomic mass is 79.9. The first kappa shape index (κ1) is 20.3. The number of hydrogen-bond donors (Lipinski definition) is 1. The minimum atomic E-state index is -0.388. The summed E-state index contributed by atoms with van der Waals surface area (Å²) in [4.78, 5) is 11.9. The van der Waals surface area contributed by atoms with Crippen molar-refractivity contribution in [3.63, 3.8) is 0 Å². The molecule has 0 aliphatic rings. The molecule has 0 radical (unpaired) electrons. The largest absolute Gasteiger partial charge is 0.495 e. The van der Waals surface area contributed by atoms with Gasteiger partial charge in [-0.1, -0.05) is 28.1 Å². The predicted octanol–water partition coefficient (Wildman–Crippen LogP) is 4.15. The predicted molar refractivity (Wildman–Crippen MR) is 107 cm³/mol. The summed E-state index contributed by atoms with van der Waals surface area (Å²) >= 11 is 6.81. The van der Waals surface area contributed by atoms with Gasteiger partial charge in [-0.05, 0) is 47.1 Å². The number of hydrazone groups is 1. The first-order chi connectivity index (χ1) is 12.5. The normalized spacial score (nSPS) is 10.6. The molecule has 138 valence electrons. The van der Waals surface area contributed by atoms with Crippen molar-refractivity contribution in [1.29, 1.82) is 0 Å². The van der Waals surface area contributed by atoms with Gasteiger partial charge in [-0.15, -0.1) is 0 Å². The molecule has 2 rings (SSSR count). The van der Waals surface area contributed by atoms with Crippen LogP contribution in [0.4, 0.5) is 0 Å². The van der Waals surface area contributed by atoms with Crippen molar-refractivity contribution < 1.29 is 19.0 Å². The molecule has 0 bridgehead atoms. The van der Waals surface area contributed by atoms with Crippen LogP contribution in [-0.2, 0) is 4.79 Å². The molecule has 8 heteroatoms. The van der Waals surface area contributed by atoms with E-state index >= 15 is 0 Å². The number of hydrogen-bond acceptors (Lipinski definition) is 5. The Morgan fingerprint density at radius 2 is 1.88 bits per heavy atom. The van der Waals surface area contributed by atoms with Gasteiger partial charge in [0.1, 0.15) is 5.75 Å². The molecule has 0 saturated heterocycles. The summed E-state index contributed by atoms with van der Waals surface area (Å²) in [7, 11) is 1.56. The molecule has 0 aliphatic heterocycles. The van der Waals surface area contributed by atoms with Crippen molar-refractivity contribution in [2.75, 3.05) is 20.3 Å². The SMILES string of the molecule is CCOc1ccccc1OCC(=O)N/N=C\c1cc(Br)cc(Br)c1OC. The Labute approximate surface area is 168 Å². The topological polar surface area (TPSA) is 69.2 Å². The van der Waals surface area contributed by atoms with Gasteiger partial charge in [-0.25, -0.2) is 5.43 Å². The van der Waals surface area contributed by atoms with Crippen molar-refractivity contribution >= 4 is 44.0 Å². The van der Waals surface area contributed by atoms with Gasteiger partial charge in [0.2, 0.25) is 0 Å². The fourth-order valence-corrected chi connectivity index (χ4v) is 3.51. The molecule has 2 aromatic rings. The van der Waals surface area contributed by atoms with Crippen LogP contribution in [-0.4, -0.2) is 32.4 Å². The number of halogens is 2. The number of ether oxygens (including phenoxy) is 3. The quantitative estimate of drug-likeness (QED) is 0.450. The number of para-hydroxylation sites is 2. The van der Waals surface area contributed by atoms with Crippen LogP contribution in [0.2, 0.25) is 0 Å². The third-order valence-corrected chi connectivity index (χ3v) is 4.19. The zero-order valence-corrected chi connectivity index (χ0v) is 17.5. The lowest BCUT2D eigenvalue weighted by molar-refractivity contribution is -0.123. The number of amides is 1. The fourth-order valence-electron chi connectivity index (χ4n) is 2.09. The molecular formula is C18H18Br2N2O4. The van der Waals surface area contributed by atoms with Crippen LogP contribution < -0.4 is 19.6 Å². The number of carbonyl (C=O) groups is 1. The van der Waals surface area contributed by atoms with E-state index in [9.17, 15) is 4.79 Å². The maximum atomic E-state index is 11.9. The van der Waals surface area contributed by atoms with E-state index in [1.54, 1.807) is 19.2 Å². The van der Waals surface area contributed by atoms with Crippen LogP contribution in [0.5, 0.6) is 17.2 Å². The van der Waals surface area contributed by atoms with Gasteiger partial charge in [0.15, 0.2) is 18.1 Å². The Hall–Kier alpha value is -2.06. The Kier molecular flexibility index (Phi) is 7.93. The number of nitrogens with zero attached hydrogens (tertiary/aromatic N) is 1. The van der Waals surface area contributed by atoms with E-state index in [1.165, 1.54) is 6.21 Å². The maximum absolute atomic E-state index is 11.9.